The molecule has 0 radical (unpaired) electrons. The number of aliphatic carboxylic acids is 1. The first kappa shape index (κ1) is 29.3. The zero-order chi connectivity index (χ0) is 29.7. The fraction of sp³-hybridized carbons (Fsp3) is 0.267. The number of carbonyl (C=O) groups is 1. The van der Waals surface area contributed by atoms with E-state index in [1.165, 1.54) is 24.3 Å². The van der Waals surface area contributed by atoms with Crippen LogP contribution in [-0.4, -0.2) is 42.1 Å². The van der Waals surface area contributed by atoms with Gasteiger partial charge in [-0.3, -0.25) is 0 Å². The topological polar surface area (TPSA) is 94.3 Å². The summed E-state index contributed by atoms with van der Waals surface area (Å²) in [5.41, 5.74) is 3.46. The maximum absolute atomic E-state index is 12.6. The average Bonchev–Trinajstić information content (AvgIpc) is 3.34. The number of benzene rings is 3. The molecule has 216 valence electrons. The molecule has 0 aliphatic rings. The van der Waals surface area contributed by atoms with E-state index in [0.29, 0.717) is 40.1 Å². The lowest BCUT2D eigenvalue weighted by Crippen LogP contribution is -2.25. The minimum atomic E-state index is -4.80. The lowest BCUT2D eigenvalue weighted by Gasteiger charge is -2.23. The summed E-state index contributed by atoms with van der Waals surface area (Å²) >= 11 is 0. The van der Waals surface area contributed by atoms with Crippen LogP contribution in [0, 0.1) is 6.92 Å². The predicted octanol–water partition coefficient (Wildman–Crippen LogP) is 7.10. The van der Waals surface area contributed by atoms with E-state index in [4.69, 9.17) is 19.0 Å². The third-order valence-corrected chi connectivity index (χ3v) is 6.20. The summed E-state index contributed by atoms with van der Waals surface area (Å²) in [5, 5.41) is 8.82. The van der Waals surface area contributed by atoms with Crippen LogP contribution < -0.4 is 19.1 Å². The Morgan fingerprint density at radius 3 is 2.20 bits per heavy atom. The minimum absolute atomic E-state index is 0.0365. The Balaban J connectivity index is 1.61. The molecule has 1 aromatic heterocycles. The average molecular weight is 571 g/mol. The largest absolute Gasteiger partial charge is 0.573 e. The molecule has 0 saturated heterocycles. The van der Waals surface area contributed by atoms with Crippen LogP contribution in [-0.2, 0) is 11.4 Å². The quantitative estimate of drug-likeness (QED) is 0.204. The van der Waals surface area contributed by atoms with Crippen LogP contribution in [0.4, 0.5) is 18.9 Å². The normalized spacial score (nSPS) is 11.4. The van der Waals surface area contributed by atoms with Crippen LogP contribution >= 0.6 is 0 Å². The van der Waals surface area contributed by atoms with Crippen molar-refractivity contribution in [2.45, 2.75) is 39.8 Å². The molecule has 1 heterocycles. The third-order valence-electron chi connectivity index (χ3n) is 6.20. The molecule has 8 nitrogen and oxygen atoms in total. The van der Waals surface area contributed by atoms with Gasteiger partial charge in [-0.2, -0.15) is 0 Å². The van der Waals surface area contributed by atoms with Crippen molar-refractivity contribution in [2.24, 2.45) is 0 Å². The van der Waals surface area contributed by atoms with Crippen molar-refractivity contribution >= 4 is 11.7 Å². The molecule has 0 spiro atoms. The standard InChI is InChI=1S/C30H29F3N2O6/c1-18(2)35(4)22-9-5-20(6-10-22)28-29(21-7-11-23(12-8-21)41-30(31,32)33)40-26(34-28)16-38-24-13-14-25(19(3)15-24)39-17-27(36)37/h5-15,18H,16-17H2,1-4H3,(H,36,37). The van der Waals surface area contributed by atoms with E-state index in [1.807, 2.05) is 31.3 Å². The molecule has 0 saturated carbocycles. The van der Waals surface area contributed by atoms with Gasteiger partial charge in [0.1, 0.15) is 22.9 Å². The second-order valence-corrected chi connectivity index (χ2v) is 9.51. The van der Waals surface area contributed by atoms with Crippen LogP contribution in [0.3, 0.4) is 0 Å². The molecular formula is C30H29F3N2O6. The highest BCUT2D eigenvalue weighted by Gasteiger charge is 2.31. The minimum Gasteiger partial charge on any atom is -0.484 e. The van der Waals surface area contributed by atoms with Crippen molar-refractivity contribution in [1.82, 2.24) is 4.98 Å². The number of oxazole rings is 1. The van der Waals surface area contributed by atoms with E-state index in [-0.39, 0.29) is 18.2 Å². The number of halogens is 3. The van der Waals surface area contributed by atoms with Gasteiger partial charge >= 0.3 is 12.3 Å². The van der Waals surface area contributed by atoms with Crippen LogP contribution in [0.5, 0.6) is 17.2 Å². The van der Waals surface area contributed by atoms with E-state index in [0.717, 1.165) is 11.3 Å². The molecular weight excluding hydrogens is 541 g/mol. The molecule has 0 bridgehead atoms. The van der Waals surface area contributed by atoms with Gasteiger partial charge in [0, 0.05) is 29.9 Å². The number of aromatic nitrogens is 1. The van der Waals surface area contributed by atoms with Crippen molar-refractivity contribution in [3.8, 4) is 39.8 Å². The highest BCUT2D eigenvalue weighted by Crippen LogP contribution is 2.35. The van der Waals surface area contributed by atoms with E-state index in [1.54, 1.807) is 25.1 Å². The summed E-state index contributed by atoms with van der Waals surface area (Å²) in [4.78, 5) is 17.5. The Hall–Kier alpha value is -4.67. The van der Waals surface area contributed by atoms with Crippen molar-refractivity contribution in [3.05, 3.63) is 78.2 Å². The van der Waals surface area contributed by atoms with Crippen molar-refractivity contribution in [3.63, 3.8) is 0 Å². The molecule has 0 fully saturated rings. The number of anilines is 1. The van der Waals surface area contributed by atoms with Crippen LogP contribution in [0.1, 0.15) is 25.3 Å². The van der Waals surface area contributed by atoms with Gasteiger partial charge in [-0.15, -0.1) is 13.2 Å². The molecule has 0 unspecified atom stereocenters. The van der Waals surface area contributed by atoms with Gasteiger partial charge in [-0.05, 0) is 80.9 Å². The monoisotopic (exact) mass is 570 g/mol. The van der Waals surface area contributed by atoms with Crippen molar-refractivity contribution in [1.29, 1.82) is 0 Å². The summed E-state index contributed by atoms with van der Waals surface area (Å²) in [6, 6.07) is 18.3. The van der Waals surface area contributed by atoms with E-state index >= 15 is 0 Å². The number of hydrogen-bond acceptors (Lipinski definition) is 7. The second-order valence-electron chi connectivity index (χ2n) is 9.51. The highest BCUT2D eigenvalue weighted by atomic mass is 19.4. The lowest BCUT2D eigenvalue weighted by atomic mass is 10.1. The van der Waals surface area contributed by atoms with Gasteiger partial charge in [0.2, 0.25) is 5.89 Å². The number of nitrogens with zero attached hydrogens (tertiary/aromatic N) is 2. The van der Waals surface area contributed by atoms with Gasteiger partial charge in [-0.1, -0.05) is 12.1 Å². The molecule has 0 aliphatic carbocycles. The molecule has 4 aromatic rings. The Labute approximate surface area is 234 Å². The predicted molar refractivity (Wildman–Crippen MR) is 146 cm³/mol. The fourth-order valence-electron chi connectivity index (χ4n) is 3.94. The molecule has 0 amide bonds. The Morgan fingerprint density at radius 2 is 1.61 bits per heavy atom. The van der Waals surface area contributed by atoms with Gasteiger partial charge in [0.25, 0.3) is 0 Å². The molecule has 11 heteroatoms. The van der Waals surface area contributed by atoms with Gasteiger partial charge in [-0.25, -0.2) is 9.78 Å². The summed E-state index contributed by atoms with van der Waals surface area (Å²) in [6.45, 7) is 5.44. The van der Waals surface area contributed by atoms with Crippen LogP contribution in [0.15, 0.2) is 71.1 Å². The number of hydrogen-bond donors (Lipinski definition) is 1. The summed E-state index contributed by atoms with van der Waals surface area (Å²) in [6.07, 6.45) is -4.80. The van der Waals surface area contributed by atoms with Gasteiger partial charge < -0.3 is 28.6 Å². The molecule has 4 rings (SSSR count). The van der Waals surface area contributed by atoms with Crippen LogP contribution in [0.25, 0.3) is 22.6 Å². The smallest absolute Gasteiger partial charge is 0.484 e. The Morgan fingerprint density at radius 1 is 0.976 bits per heavy atom. The first-order chi connectivity index (χ1) is 19.4. The molecule has 0 atom stereocenters. The summed E-state index contributed by atoms with van der Waals surface area (Å²) in [5.74, 6) is 0.0900. The van der Waals surface area contributed by atoms with E-state index in [2.05, 4.69) is 28.5 Å². The van der Waals surface area contributed by atoms with E-state index in [9.17, 15) is 18.0 Å². The number of ether oxygens (including phenoxy) is 3. The SMILES string of the molecule is Cc1cc(OCc2nc(-c3ccc(N(C)C(C)C)cc3)c(-c3ccc(OC(F)(F)F)cc3)o2)ccc1OCC(=O)O. The number of rotatable bonds is 11. The van der Waals surface area contributed by atoms with Gasteiger partial charge in [0.15, 0.2) is 19.0 Å². The molecule has 0 aliphatic heterocycles. The maximum atomic E-state index is 12.6. The lowest BCUT2D eigenvalue weighted by molar-refractivity contribution is -0.274. The number of carboxylic acids is 1. The third kappa shape index (κ3) is 7.71. The van der Waals surface area contributed by atoms with Crippen molar-refractivity contribution < 1.29 is 41.7 Å². The highest BCUT2D eigenvalue weighted by molar-refractivity contribution is 5.78. The summed E-state index contributed by atoms with van der Waals surface area (Å²) in [7, 11) is 1.99. The number of aryl methyl sites for hydroxylation is 1. The fourth-order valence-corrected chi connectivity index (χ4v) is 3.94. The Kier molecular flexibility index (Phi) is 8.75. The molecule has 1 N–H and O–H groups in total. The Bertz CT molecular complexity index is 1480. The second kappa shape index (κ2) is 12.2. The van der Waals surface area contributed by atoms with Crippen molar-refractivity contribution in [2.75, 3.05) is 18.6 Å². The molecule has 41 heavy (non-hydrogen) atoms. The maximum Gasteiger partial charge on any atom is 0.573 e. The number of carboxylic acid groups (broad SMARTS) is 1. The van der Waals surface area contributed by atoms with Crippen LogP contribution in [0.2, 0.25) is 0 Å². The molecule has 3 aromatic carbocycles. The zero-order valence-corrected chi connectivity index (χ0v) is 22.9. The van der Waals surface area contributed by atoms with E-state index < -0.39 is 18.9 Å². The first-order valence-corrected chi connectivity index (χ1v) is 12.7. The summed E-state index contributed by atoms with van der Waals surface area (Å²) < 4.78 is 59.1. The zero-order valence-electron chi connectivity index (χ0n) is 22.9. The van der Waals surface area contributed by atoms with Gasteiger partial charge in [0.05, 0.1) is 0 Å². The first-order valence-electron chi connectivity index (χ1n) is 12.7. The number of alkyl halides is 3.